The van der Waals surface area contributed by atoms with Gasteiger partial charge in [-0.05, 0) is 49.2 Å². The lowest BCUT2D eigenvalue weighted by molar-refractivity contribution is 0.414. The summed E-state index contributed by atoms with van der Waals surface area (Å²) < 4.78 is 1.15. The predicted molar refractivity (Wildman–Crippen MR) is 87.6 cm³/mol. The van der Waals surface area contributed by atoms with Crippen LogP contribution in [-0.2, 0) is 5.41 Å². The Hall–Kier alpha value is -0.380. The lowest BCUT2D eigenvalue weighted by atomic mass is 9.82. The number of hydrogen-bond acceptors (Lipinski definition) is 2. The van der Waals surface area contributed by atoms with Gasteiger partial charge in [-0.3, -0.25) is 0 Å². The smallest absolute Gasteiger partial charge is 0.0178 e. The quantitative estimate of drug-likeness (QED) is 0.803. The average Bonchev–Trinajstić information content (AvgIpc) is 2.37. The fourth-order valence-corrected chi connectivity index (χ4v) is 2.76. The van der Waals surface area contributed by atoms with Crippen LogP contribution in [-0.4, -0.2) is 19.6 Å². The summed E-state index contributed by atoms with van der Waals surface area (Å²) in [5.74, 6) is 0.583. The molecule has 0 radical (unpaired) electrons. The third-order valence-corrected chi connectivity index (χ3v) is 4.33. The van der Waals surface area contributed by atoms with Gasteiger partial charge in [0.15, 0.2) is 0 Å². The van der Waals surface area contributed by atoms with Crippen LogP contribution >= 0.6 is 15.9 Å². The van der Waals surface area contributed by atoms with Crippen LogP contribution in [0, 0.1) is 12.8 Å². The maximum absolute atomic E-state index is 5.74. The van der Waals surface area contributed by atoms with Crippen LogP contribution in [0.25, 0.3) is 0 Å². The minimum absolute atomic E-state index is 0.126. The molecule has 1 aromatic rings. The normalized spacial score (nSPS) is 13.6. The number of rotatable bonds is 7. The second kappa shape index (κ2) is 7.41. The van der Waals surface area contributed by atoms with Gasteiger partial charge in [-0.25, -0.2) is 0 Å². The predicted octanol–water partition coefficient (Wildman–Crippen LogP) is 3.61. The summed E-state index contributed by atoms with van der Waals surface area (Å²) in [4.78, 5) is 0. The molecule has 0 saturated carbocycles. The zero-order valence-electron chi connectivity index (χ0n) is 12.6. The van der Waals surface area contributed by atoms with Gasteiger partial charge in [0.2, 0.25) is 0 Å². The van der Waals surface area contributed by atoms with Crippen molar-refractivity contribution >= 4 is 15.9 Å². The molecular formula is C16H27BrN2. The lowest BCUT2D eigenvalue weighted by Gasteiger charge is -2.28. The molecule has 1 unspecified atom stereocenters. The van der Waals surface area contributed by atoms with Gasteiger partial charge in [0.25, 0.3) is 0 Å². The summed E-state index contributed by atoms with van der Waals surface area (Å²) in [5.41, 5.74) is 8.61. The summed E-state index contributed by atoms with van der Waals surface area (Å²) >= 11 is 3.57. The van der Waals surface area contributed by atoms with E-state index in [2.05, 4.69) is 67.1 Å². The largest absolute Gasteiger partial charge is 0.330 e. The first-order valence-corrected chi connectivity index (χ1v) is 7.87. The molecule has 1 rings (SSSR count). The Morgan fingerprint density at radius 2 is 2.05 bits per heavy atom. The van der Waals surface area contributed by atoms with E-state index in [0.29, 0.717) is 5.92 Å². The fraction of sp³-hybridized carbons (Fsp3) is 0.625. The third-order valence-electron chi connectivity index (χ3n) is 3.84. The highest BCUT2D eigenvalue weighted by Gasteiger charge is 2.22. The Bertz CT molecular complexity index is 398. The molecular weight excluding hydrogens is 300 g/mol. The topological polar surface area (TPSA) is 38.0 Å². The summed E-state index contributed by atoms with van der Waals surface area (Å²) in [5, 5.41) is 3.58. The average molecular weight is 327 g/mol. The molecule has 1 aromatic carbocycles. The highest BCUT2D eigenvalue weighted by Crippen LogP contribution is 2.28. The molecule has 0 saturated heterocycles. The van der Waals surface area contributed by atoms with E-state index in [4.69, 9.17) is 5.73 Å². The van der Waals surface area contributed by atoms with Crippen molar-refractivity contribution < 1.29 is 0 Å². The standard InChI is InChI=1S/C16H27BrN2/c1-5-13(9-18)10-19-11-16(3,4)15-8-14(17)7-6-12(15)2/h6-8,13,19H,5,9-11,18H2,1-4H3. The van der Waals surface area contributed by atoms with Crippen molar-refractivity contribution in [2.24, 2.45) is 11.7 Å². The second-order valence-electron chi connectivity index (χ2n) is 5.98. The monoisotopic (exact) mass is 326 g/mol. The van der Waals surface area contributed by atoms with Crippen LogP contribution in [0.1, 0.15) is 38.3 Å². The van der Waals surface area contributed by atoms with Crippen LogP contribution in [0.3, 0.4) is 0 Å². The van der Waals surface area contributed by atoms with Gasteiger partial charge in [0.1, 0.15) is 0 Å². The zero-order chi connectivity index (χ0) is 14.5. The van der Waals surface area contributed by atoms with Crippen molar-refractivity contribution in [1.29, 1.82) is 0 Å². The highest BCUT2D eigenvalue weighted by atomic mass is 79.9. The first-order chi connectivity index (χ1) is 8.90. The van der Waals surface area contributed by atoms with Gasteiger partial charge in [-0.1, -0.05) is 49.2 Å². The maximum Gasteiger partial charge on any atom is 0.0178 e. The third kappa shape index (κ3) is 4.90. The van der Waals surface area contributed by atoms with Gasteiger partial charge < -0.3 is 11.1 Å². The second-order valence-corrected chi connectivity index (χ2v) is 6.90. The molecule has 0 spiro atoms. The highest BCUT2D eigenvalue weighted by molar-refractivity contribution is 9.10. The van der Waals surface area contributed by atoms with Gasteiger partial charge >= 0.3 is 0 Å². The van der Waals surface area contributed by atoms with Crippen LogP contribution in [0.5, 0.6) is 0 Å². The fourth-order valence-electron chi connectivity index (χ4n) is 2.40. The Morgan fingerprint density at radius 3 is 2.63 bits per heavy atom. The summed E-state index contributed by atoms with van der Waals surface area (Å²) in [6.45, 7) is 11.7. The molecule has 0 aromatic heterocycles. The molecule has 0 fully saturated rings. The van der Waals surface area contributed by atoms with Gasteiger partial charge in [-0.15, -0.1) is 0 Å². The summed E-state index contributed by atoms with van der Waals surface area (Å²) in [7, 11) is 0. The van der Waals surface area contributed by atoms with E-state index in [1.165, 1.54) is 11.1 Å². The van der Waals surface area contributed by atoms with Crippen molar-refractivity contribution in [2.45, 2.75) is 39.5 Å². The van der Waals surface area contributed by atoms with E-state index in [1.54, 1.807) is 0 Å². The molecule has 3 heteroatoms. The Labute approximate surface area is 126 Å². The Morgan fingerprint density at radius 1 is 1.37 bits per heavy atom. The zero-order valence-corrected chi connectivity index (χ0v) is 14.2. The molecule has 0 aliphatic rings. The number of nitrogens with one attached hydrogen (secondary N) is 1. The van der Waals surface area contributed by atoms with E-state index >= 15 is 0 Å². The molecule has 2 nitrogen and oxygen atoms in total. The number of halogens is 1. The van der Waals surface area contributed by atoms with Crippen molar-refractivity contribution in [1.82, 2.24) is 5.32 Å². The summed E-state index contributed by atoms with van der Waals surface area (Å²) in [6, 6.07) is 6.51. The summed E-state index contributed by atoms with van der Waals surface area (Å²) in [6.07, 6.45) is 1.14. The van der Waals surface area contributed by atoms with E-state index in [1.807, 2.05) is 0 Å². The van der Waals surface area contributed by atoms with E-state index < -0.39 is 0 Å². The minimum atomic E-state index is 0.126. The number of nitrogens with two attached hydrogens (primary N) is 1. The van der Waals surface area contributed by atoms with Crippen molar-refractivity contribution in [3.63, 3.8) is 0 Å². The maximum atomic E-state index is 5.74. The van der Waals surface area contributed by atoms with Crippen molar-refractivity contribution in [3.05, 3.63) is 33.8 Å². The Kier molecular flexibility index (Phi) is 6.51. The molecule has 19 heavy (non-hydrogen) atoms. The van der Waals surface area contributed by atoms with E-state index in [-0.39, 0.29) is 5.41 Å². The number of hydrogen-bond donors (Lipinski definition) is 2. The van der Waals surface area contributed by atoms with Crippen molar-refractivity contribution in [2.75, 3.05) is 19.6 Å². The minimum Gasteiger partial charge on any atom is -0.330 e. The number of aryl methyl sites for hydroxylation is 1. The van der Waals surface area contributed by atoms with Gasteiger partial charge in [-0.2, -0.15) is 0 Å². The van der Waals surface area contributed by atoms with Crippen LogP contribution < -0.4 is 11.1 Å². The van der Waals surface area contributed by atoms with Crippen LogP contribution in [0.2, 0.25) is 0 Å². The molecule has 0 aliphatic carbocycles. The van der Waals surface area contributed by atoms with Crippen LogP contribution in [0.4, 0.5) is 0 Å². The molecule has 1 atom stereocenters. The molecule has 108 valence electrons. The van der Waals surface area contributed by atoms with E-state index in [0.717, 1.165) is 30.5 Å². The first kappa shape index (κ1) is 16.7. The lowest BCUT2D eigenvalue weighted by Crippen LogP contribution is -2.37. The van der Waals surface area contributed by atoms with Gasteiger partial charge in [0.05, 0.1) is 0 Å². The molecule has 0 heterocycles. The molecule has 0 amide bonds. The molecule has 0 bridgehead atoms. The SMILES string of the molecule is CCC(CN)CNCC(C)(C)c1cc(Br)ccc1C. The van der Waals surface area contributed by atoms with Gasteiger partial charge in [0, 0.05) is 16.4 Å². The molecule has 0 aliphatic heterocycles. The first-order valence-electron chi connectivity index (χ1n) is 7.08. The van der Waals surface area contributed by atoms with Crippen LogP contribution in [0.15, 0.2) is 22.7 Å². The Balaban J connectivity index is 2.67. The molecule has 3 N–H and O–H groups in total. The van der Waals surface area contributed by atoms with E-state index in [9.17, 15) is 0 Å². The van der Waals surface area contributed by atoms with Crippen molar-refractivity contribution in [3.8, 4) is 0 Å². The number of benzene rings is 1.